The van der Waals surface area contributed by atoms with Crippen LogP contribution in [0.5, 0.6) is 0 Å². The zero-order valence-corrected chi connectivity index (χ0v) is 12.6. The van der Waals surface area contributed by atoms with E-state index in [0.717, 1.165) is 17.5 Å². The first kappa shape index (κ1) is 14.8. The maximum atomic E-state index is 5.79. The summed E-state index contributed by atoms with van der Waals surface area (Å²) in [6, 6.07) is 11.9. The first-order valence-corrected chi connectivity index (χ1v) is 7.37. The summed E-state index contributed by atoms with van der Waals surface area (Å²) in [5.74, 6) is 0.301. The smallest absolute Gasteiger partial charge is 0.209 e. The van der Waals surface area contributed by atoms with Gasteiger partial charge in [0, 0.05) is 36.0 Å². The van der Waals surface area contributed by atoms with Crippen molar-refractivity contribution in [3.05, 3.63) is 66.1 Å². The third-order valence-corrected chi connectivity index (χ3v) is 3.44. The minimum Gasteiger partial charge on any atom is -0.369 e. The van der Waals surface area contributed by atoms with E-state index in [1.54, 1.807) is 18.6 Å². The van der Waals surface area contributed by atoms with Crippen molar-refractivity contribution in [1.29, 1.82) is 0 Å². The molecule has 4 N–H and O–H groups in total. The summed E-state index contributed by atoms with van der Waals surface area (Å²) >= 11 is 0. The lowest BCUT2D eigenvalue weighted by molar-refractivity contribution is 0.930. The number of aromatic amines is 1. The Morgan fingerprint density at radius 3 is 2.91 bits per heavy atom. The van der Waals surface area contributed by atoms with Crippen molar-refractivity contribution in [3.8, 4) is 0 Å². The summed E-state index contributed by atoms with van der Waals surface area (Å²) < 4.78 is 0. The number of nitrogens with zero attached hydrogens (tertiary/aromatic N) is 3. The third kappa shape index (κ3) is 3.94. The van der Waals surface area contributed by atoms with Crippen LogP contribution in [0.15, 0.2) is 65.1 Å². The van der Waals surface area contributed by atoms with Gasteiger partial charge in [-0.05, 0) is 35.7 Å². The van der Waals surface area contributed by atoms with Crippen LogP contribution < -0.4 is 11.2 Å². The van der Waals surface area contributed by atoms with Crippen LogP contribution in [0, 0.1) is 0 Å². The summed E-state index contributed by atoms with van der Waals surface area (Å²) in [6.45, 7) is 0.603. The van der Waals surface area contributed by atoms with Gasteiger partial charge in [0.25, 0.3) is 0 Å². The van der Waals surface area contributed by atoms with Crippen molar-refractivity contribution in [2.45, 2.75) is 6.42 Å². The van der Waals surface area contributed by atoms with Gasteiger partial charge in [-0.25, -0.2) is 5.43 Å². The highest BCUT2D eigenvalue weighted by molar-refractivity contribution is 5.84. The Balaban J connectivity index is 1.52. The fourth-order valence-electron chi connectivity index (χ4n) is 2.29. The topological polar surface area (TPSA) is 91.4 Å². The fourth-order valence-corrected chi connectivity index (χ4v) is 2.29. The first-order chi connectivity index (χ1) is 11.3. The summed E-state index contributed by atoms with van der Waals surface area (Å²) in [5.41, 5.74) is 11.8. The molecule has 0 aliphatic rings. The van der Waals surface area contributed by atoms with E-state index in [1.165, 1.54) is 10.9 Å². The van der Waals surface area contributed by atoms with Gasteiger partial charge >= 0.3 is 0 Å². The Labute approximate surface area is 134 Å². The molecule has 0 amide bonds. The molecule has 116 valence electrons. The van der Waals surface area contributed by atoms with Gasteiger partial charge in [-0.3, -0.25) is 9.98 Å². The molecule has 0 atom stereocenters. The van der Waals surface area contributed by atoms with Crippen LogP contribution in [-0.4, -0.2) is 28.7 Å². The number of nitrogens with one attached hydrogen (secondary N) is 2. The normalized spacial score (nSPS) is 12.1. The molecule has 0 bridgehead atoms. The second-order valence-electron chi connectivity index (χ2n) is 5.03. The predicted molar refractivity (Wildman–Crippen MR) is 93.5 cm³/mol. The molecule has 6 nitrogen and oxygen atoms in total. The molecule has 3 rings (SSSR count). The highest BCUT2D eigenvalue weighted by atomic mass is 15.3. The number of rotatable bonds is 5. The molecule has 0 radical (unpaired) electrons. The summed E-state index contributed by atoms with van der Waals surface area (Å²) in [5, 5.41) is 5.27. The number of guanidine groups is 1. The summed E-state index contributed by atoms with van der Waals surface area (Å²) in [6.07, 6.45) is 7.93. The Bertz CT molecular complexity index is 819. The zero-order valence-electron chi connectivity index (χ0n) is 12.6. The van der Waals surface area contributed by atoms with Crippen molar-refractivity contribution in [1.82, 2.24) is 15.4 Å². The van der Waals surface area contributed by atoms with Crippen molar-refractivity contribution in [2.75, 3.05) is 6.54 Å². The van der Waals surface area contributed by atoms with Crippen LogP contribution in [-0.2, 0) is 6.42 Å². The van der Waals surface area contributed by atoms with E-state index in [0.29, 0.717) is 12.5 Å². The number of hydrazone groups is 1. The van der Waals surface area contributed by atoms with Crippen LogP contribution in [0.1, 0.15) is 11.1 Å². The van der Waals surface area contributed by atoms with Crippen LogP contribution in [0.3, 0.4) is 0 Å². The molecule has 0 saturated heterocycles. The number of fused-ring (bicyclic) bond motifs is 1. The van der Waals surface area contributed by atoms with Crippen molar-refractivity contribution in [3.63, 3.8) is 0 Å². The zero-order chi connectivity index (χ0) is 15.9. The fraction of sp³-hybridized carbons (Fsp3) is 0.118. The maximum absolute atomic E-state index is 5.79. The molecule has 0 aliphatic carbocycles. The van der Waals surface area contributed by atoms with E-state index in [2.05, 4.69) is 37.6 Å². The minimum absolute atomic E-state index is 0.301. The highest BCUT2D eigenvalue weighted by Gasteiger charge is 2.01. The average molecular weight is 306 g/mol. The molecule has 0 unspecified atom stereocenters. The SMILES string of the molecule is NC(=NCCc1c[nH]c2ccccc12)N/N=C/c1ccncc1. The molecule has 2 heterocycles. The lowest BCUT2D eigenvalue weighted by Gasteiger charge is -2.00. The average Bonchev–Trinajstić information content (AvgIpc) is 2.99. The Morgan fingerprint density at radius 1 is 1.22 bits per heavy atom. The molecule has 23 heavy (non-hydrogen) atoms. The number of aromatic nitrogens is 2. The van der Waals surface area contributed by atoms with Gasteiger partial charge < -0.3 is 10.7 Å². The molecular weight excluding hydrogens is 288 g/mol. The number of benzene rings is 1. The van der Waals surface area contributed by atoms with Gasteiger partial charge in [0.05, 0.1) is 6.21 Å². The van der Waals surface area contributed by atoms with Gasteiger partial charge in [0.2, 0.25) is 5.96 Å². The molecule has 2 aromatic heterocycles. The van der Waals surface area contributed by atoms with E-state index in [4.69, 9.17) is 5.73 Å². The van der Waals surface area contributed by atoms with Crippen LogP contribution in [0.25, 0.3) is 10.9 Å². The predicted octanol–water partition coefficient (Wildman–Crippen LogP) is 2.04. The van der Waals surface area contributed by atoms with Crippen LogP contribution in [0.4, 0.5) is 0 Å². The molecule has 1 aromatic carbocycles. The molecule has 0 saturated carbocycles. The number of aliphatic imine (C=N–C) groups is 1. The molecule has 0 fully saturated rings. The van der Waals surface area contributed by atoms with Gasteiger partial charge in [-0.1, -0.05) is 18.2 Å². The molecule has 3 aromatic rings. The molecule has 6 heteroatoms. The van der Waals surface area contributed by atoms with E-state index in [1.807, 2.05) is 30.5 Å². The lowest BCUT2D eigenvalue weighted by Crippen LogP contribution is -2.27. The standard InChI is InChI=1S/C17H18N6/c18-17(23-22-11-13-5-8-19-9-6-13)20-10-7-14-12-21-16-4-2-1-3-15(14)16/h1-6,8-9,11-12,21H,7,10H2,(H3,18,20,23)/b22-11+. The monoisotopic (exact) mass is 306 g/mol. The quantitative estimate of drug-likeness (QED) is 0.383. The lowest BCUT2D eigenvalue weighted by atomic mass is 10.1. The first-order valence-electron chi connectivity index (χ1n) is 7.37. The number of para-hydroxylation sites is 1. The van der Waals surface area contributed by atoms with E-state index < -0.39 is 0 Å². The second kappa shape index (κ2) is 7.22. The Kier molecular flexibility index (Phi) is 4.63. The molecular formula is C17H18N6. The van der Waals surface area contributed by atoms with Crippen molar-refractivity contribution < 1.29 is 0 Å². The van der Waals surface area contributed by atoms with Gasteiger partial charge in [-0.15, -0.1) is 0 Å². The second-order valence-corrected chi connectivity index (χ2v) is 5.03. The Morgan fingerprint density at radius 2 is 2.04 bits per heavy atom. The third-order valence-electron chi connectivity index (χ3n) is 3.44. The number of nitrogens with two attached hydrogens (primary N) is 1. The number of pyridine rings is 1. The number of hydrogen-bond acceptors (Lipinski definition) is 3. The summed E-state index contributed by atoms with van der Waals surface area (Å²) in [7, 11) is 0. The number of H-pyrrole nitrogens is 1. The van der Waals surface area contributed by atoms with Crippen molar-refractivity contribution >= 4 is 23.1 Å². The largest absolute Gasteiger partial charge is 0.369 e. The van der Waals surface area contributed by atoms with E-state index >= 15 is 0 Å². The molecule has 0 aliphatic heterocycles. The van der Waals surface area contributed by atoms with Gasteiger partial charge in [-0.2, -0.15) is 5.10 Å². The van der Waals surface area contributed by atoms with Crippen LogP contribution >= 0.6 is 0 Å². The van der Waals surface area contributed by atoms with E-state index in [9.17, 15) is 0 Å². The van der Waals surface area contributed by atoms with Crippen molar-refractivity contribution in [2.24, 2.45) is 15.8 Å². The summed E-state index contributed by atoms with van der Waals surface area (Å²) in [4.78, 5) is 11.5. The molecule has 0 spiro atoms. The van der Waals surface area contributed by atoms with Gasteiger partial charge in [0.15, 0.2) is 0 Å². The van der Waals surface area contributed by atoms with E-state index in [-0.39, 0.29) is 0 Å². The minimum atomic E-state index is 0.301. The Hall–Kier alpha value is -3.15. The maximum Gasteiger partial charge on any atom is 0.209 e. The van der Waals surface area contributed by atoms with Crippen LogP contribution in [0.2, 0.25) is 0 Å². The highest BCUT2D eigenvalue weighted by Crippen LogP contribution is 2.17. The number of hydrogen-bond donors (Lipinski definition) is 3. The van der Waals surface area contributed by atoms with Gasteiger partial charge in [0.1, 0.15) is 0 Å².